The normalized spacial score (nSPS) is 11.2. The van der Waals surface area contributed by atoms with Gasteiger partial charge in [0.05, 0.1) is 0 Å². The zero-order chi connectivity index (χ0) is 9.84. The number of hydrogen-bond acceptors (Lipinski definition) is 2. The number of nitrogens with one attached hydrogen (secondary N) is 1. The summed E-state index contributed by atoms with van der Waals surface area (Å²) in [5.74, 6) is 0.596. The van der Waals surface area contributed by atoms with E-state index in [1.165, 1.54) is 0 Å². The molecule has 1 rings (SSSR count). The summed E-state index contributed by atoms with van der Waals surface area (Å²) >= 11 is 0. The van der Waals surface area contributed by atoms with E-state index in [0.717, 1.165) is 6.42 Å². The molecule has 0 aliphatic rings. The molecule has 0 saturated carbocycles. The third-order valence-corrected chi connectivity index (χ3v) is 1.80. The van der Waals surface area contributed by atoms with Crippen LogP contribution in [0.25, 0.3) is 0 Å². The predicted molar refractivity (Wildman–Crippen MR) is 45.7 cm³/mol. The maximum atomic E-state index is 12.3. The van der Waals surface area contributed by atoms with Gasteiger partial charge in [-0.1, -0.05) is 0 Å². The van der Waals surface area contributed by atoms with E-state index in [9.17, 15) is 8.78 Å². The molecule has 1 heterocycles. The quantitative estimate of drug-likeness (QED) is 0.755. The SMILES string of the molecule is Cc1[nH]c(CCCN)nc1C(F)F. The molecule has 0 unspecified atom stereocenters. The average molecular weight is 189 g/mol. The summed E-state index contributed by atoms with van der Waals surface area (Å²) < 4.78 is 24.5. The van der Waals surface area contributed by atoms with Gasteiger partial charge in [-0.05, 0) is 19.9 Å². The van der Waals surface area contributed by atoms with Crippen LogP contribution in [0.2, 0.25) is 0 Å². The molecule has 1 aromatic rings. The lowest BCUT2D eigenvalue weighted by Crippen LogP contribution is -2.01. The van der Waals surface area contributed by atoms with Crippen LogP contribution in [0.3, 0.4) is 0 Å². The molecule has 0 amide bonds. The fourth-order valence-corrected chi connectivity index (χ4v) is 1.14. The number of aromatic nitrogens is 2. The van der Waals surface area contributed by atoms with Crippen molar-refractivity contribution in [3.8, 4) is 0 Å². The van der Waals surface area contributed by atoms with E-state index in [-0.39, 0.29) is 5.69 Å². The summed E-state index contributed by atoms with van der Waals surface area (Å²) in [5.41, 5.74) is 5.59. The average Bonchev–Trinajstić information content (AvgIpc) is 2.43. The van der Waals surface area contributed by atoms with Gasteiger partial charge in [-0.25, -0.2) is 13.8 Å². The van der Waals surface area contributed by atoms with Crippen molar-refractivity contribution in [3.05, 3.63) is 17.2 Å². The molecule has 74 valence electrons. The summed E-state index contributed by atoms with van der Waals surface area (Å²) in [6.45, 7) is 2.14. The Kier molecular flexibility index (Phi) is 3.36. The van der Waals surface area contributed by atoms with Crippen LogP contribution in [-0.2, 0) is 6.42 Å². The Morgan fingerprint density at radius 2 is 2.23 bits per heavy atom. The molecule has 13 heavy (non-hydrogen) atoms. The van der Waals surface area contributed by atoms with Gasteiger partial charge in [-0.2, -0.15) is 0 Å². The van der Waals surface area contributed by atoms with Crippen molar-refractivity contribution < 1.29 is 8.78 Å². The molecule has 3 nitrogen and oxygen atoms in total. The minimum absolute atomic E-state index is 0.146. The van der Waals surface area contributed by atoms with Crippen molar-refractivity contribution in [2.24, 2.45) is 5.73 Å². The van der Waals surface area contributed by atoms with E-state index in [1.807, 2.05) is 0 Å². The molecule has 1 aromatic heterocycles. The zero-order valence-corrected chi connectivity index (χ0v) is 7.48. The lowest BCUT2D eigenvalue weighted by atomic mass is 10.3. The second-order valence-corrected chi connectivity index (χ2v) is 2.89. The van der Waals surface area contributed by atoms with Gasteiger partial charge in [-0.3, -0.25) is 0 Å². The number of rotatable bonds is 4. The molecule has 0 aliphatic carbocycles. The second-order valence-electron chi connectivity index (χ2n) is 2.89. The highest BCUT2D eigenvalue weighted by atomic mass is 19.3. The first-order valence-electron chi connectivity index (χ1n) is 4.18. The Bertz CT molecular complexity index is 270. The van der Waals surface area contributed by atoms with Gasteiger partial charge in [-0.15, -0.1) is 0 Å². The number of nitrogens with zero attached hydrogens (tertiary/aromatic N) is 1. The Balaban J connectivity index is 2.71. The zero-order valence-electron chi connectivity index (χ0n) is 7.48. The van der Waals surface area contributed by atoms with E-state index in [2.05, 4.69) is 9.97 Å². The standard InChI is InChI=1S/C8H13F2N3/c1-5-7(8(9)10)13-6(12-5)3-2-4-11/h8H,2-4,11H2,1H3,(H,12,13). The molecule has 0 aromatic carbocycles. The molecular weight excluding hydrogens is 176 g/mol. The van der Waals surface area contributed by atoms with E-state index in [1.54, 1.807) is 6.92 Å². The molecule has 0 saturated heterocycles. The number of nitrogens with two attached hydrogens (primary N) is 1. The van der Waals surface area contributed by atoms with Crippen LogP contribution >= 0.6 is 0 Å². The molecule has 0 radical (unpaired) electrons. The molecule has 5 heteroatoms. The van der Waals surface area contributed by atoms with Gasteiger partial charge in [0.1, 0.15) is 11.5 Å². The first-order chi connectivity index (χ1) is 6.15. The third kappa shape index (κ3) is 2.48. The lowest BCUT2D eigenvalue weighted by Gasteiger charge is -1.92. The van der Waals surface area contributed by atoms with E-state index < -0.39 is 6.43 Å². The Hall–Kier alpha value is -0.970. The summed E-state index contributed by atoms with van der Waals surface area (Å²) in [5, 5.41) is 0. The Morgan fingerprint density at radius 3 is 2.69 bits per heavy atom. The highest BCUT2D eigenvalue weighted by molar-refractivity contribution is 5.14. The van der Waals surface area contributed by atoms with Gasteiger partial charge < -0.3 is 10.7 Å². The lowest BCUT2D eigenvalue weighted by molar-refractivity contribution is 0.145. The van der Waals surface area contributed by atoms with Crippen LogP contribution in [-0.4, -0.2) is 16.5 Å². The maximum Gasteiger partial charge on any atom is 0.282 e. The van der Waals surface area contributed by atoms with Crippen LogP contribution in [0, 0.1) is 6.92 Å². The summed E-state index contributed by atoms with van der Waals surface area (Å²) in [6, 6.07) is 0. The smallest absolute Gasteiger partial charge is 0.282 e. The van der Waals surface area contributed by atoms with Crippen molar-refractivity contribution in [1.82, 2.24) is 9.97 Å². The van der Waals surface area contributed by atoms with Crippen LogP contribution in [0.5, 0.6) is 0 Å². The van der Waals surface area contributed by atoms with Crippen LogP contribution in [0.1, 0.15) is 30.1 Å². The van der Waals surface area contributed by atoms with Crippen LogP contribution in [0.15, 0.2) is 0 Å². The Labute approximate surface area is 75.4 Å². The minimum atomic E-state index is -2.50. The van der Waals surface area contributed by atoms with Crippen molar-refractivity contribution in [2.45, 2.75) is 26.2 Å². The monoisotopic (exact) mass is 189 g/mol. The number of H-pyrrole nitrogens is 1. The molecule has 0 aliphatic heterocycles. The topological polar surface area (TPSA) is 54.7 Å². The summed E-state index contributed by atoms with van der Waals surface area (Å²) in [7, 11) is 0. The highest BCUT2D eigenvalue weighted by Gasteiger charge is 2.15. The first-order valence-corrected chi connectivity index (χ1v) is 4.18. The number of aromatic amines is 1. The summed E-state index contributed by atoms with van der Waals surface area (Å²) in [4.78, 5) is 6.60. The fraction of sp³-hybridized carbons (Fsp3) is 0.625. The number of imidazole rings is 1. The highest BCUT2D eigenvalue weighted by Crippen LogP contribution is 2.20. The van der Waals surface area contributed by atoms with Crippen LogP contribution < -0.4 is 5.73 Å². The minimum Gasteiger partial charge on any atom is -0.346 e. The molecule has 0 spiro atoms. The van der Waals surface area contributed by atoms with Gasteiger partial charge in [0.25, 0.3) is 6.43 Å². The number of hydrogen-bond donors (Lipinski definition) is 2. The first kappa shape index (κ1) is 10.1. The van der Waals surface area contributed by atoms with Gasteiger partial charge in [0, 0.05) is 12.1 Å². The van der Waals surface area contributed by atoms with Crippen molar-refractivity contribution in [2.75, 3.05) is 6.54 Å². The predicted octanol–water partition coefficient (Wildman–Crippen LogP) is 1.55. The van der Waals surface area contributed by atoms with E-state index in [0.29, 0.717) is 24.5 Å². The van der Waals surface area contributed by atoms with Gasteiger partial charge in [0.2, 0.25) is 0 Å². The van der Waals surface area contributed by atoms with Crippen molar-refractivity contribution in [1.29, 1.82) is 0 Å². The van der Waals surface area contributed by atoms with Crippen molar-refractivity contribution >= 4 is 0 Å². The molecular formula is C8H13F2N3. The molecule has 0 fully saturated rings. The van der Waals surface area contributed by atoms with Gasteiger partial charge in [0.15, 0.2) is 0 Å². The van der Waals surface area contributed by atoms with E-state index >= 15 is 0 Å². The molecule has 3 N–H and O–H groups in total. The maximum absolute atomic E-state index is 12.3. The third-order valence-electron chi connectivity index (χ3n) is 1.80. The largest absolute Gasteiger partial charge is 0.346 e. The molecule has 0 atom stereocenters. The number of halogens is 2. The summed E-state index contributed by atoms with van der Waals surface area (Å²) in [6.07, 6.45) is -1.11. The second kappa shape index (κ2) is 4.32. The molecule has 0 bridgehead atoms. The number of alkyl halides is 2. The Morgan fingerprint density at radius 1 is 1.54 bits per heavy atom. The van der Waals surface area contributed by atoms with Crippen LogP contribution in [0.4, 0.5) is 8.78 Å². The fourth-order valence-electron chi connectivity index (χ4n) is 1.14. The van der Waals surface area contributed by atoms with Crippen molar-refractivity contribution in [3.63, 3.8) is 0 Å². The van der Waals surface area contributed by atoms with E-state index in [4.69, 9.17) is 5.73 Å². The van der Waals surface area contributed by atoms with Gasteiger partial charge >= 0.3 is 0 Å². The number of aryl methyl sites for hydroxylation is 2.